The van der Waals surface area contributed by atoms with E-state index in [9.17, 15) is 9.18 Å². The van der Waals surface area contributed by atoms with Crippen LogP contribution in [-0.2, 0) is 10.2 Å². The molecule has 2 fully saturated rings. The van der Waals surface area contributed by atoms with Crippen LogP contribution in [0.4, 0.5) is 10.1 Å². The highest BCUT2D eigenvalue weighted by Crippen LogP contribution is 2.44. The summed E-state index contributed by atoms with van der Waals surface area (Å²) in [7, 11) is 0. The number of carbonyl (C=O) groups excluding carboxylic acids is 1. The van der Waals surface area contributed by atoms with E-state index in [0.717, 1.165) is 25.7 Å². The van der Waals surface area contributed by atoms with Crippen molar-refractivity contribution in [3.05, 3.63) is 52.5 Å². The van der Waals surface area contributed by atoms with Gasteiger partial charge in [0.2, 0.25) is 5.91 Å². The SMILES string of the molecule is O=C(N1CCN(c2ccccc2F)CC1)C1(c2cccs2)CCCC1. The molecular formula is C20H23FN2OS. The van der Waals surface area contributed by atoms with Gasteiger partial charge in [0, 0.05) is 31.1 Å². The number of anilines is 1. The maximum atomic E-state index is 14.0. The molecule has 0 atom stereocenters. The third kappa shape index (κ3) is 2.95. The molecule has 1 aliphatic heterocycles. The number of halogens is 1. The normalized spacial score (nSPS) is 20.0. The van der Waals surface area contributed by atoms with Crippen molar-refractivity contribution in [3.8, 4) is 0 Å². The second-order valence-electron chi connectivity index (χ2n) is 7.00. The molecule has 0 bridgehead atoms. The maximum absolute atomic E-state index is 14.0. The second kappa shape index (κ2) is 6.79. The smallest absolute Gasteiger partial charge is 0.234 e. The zero-order chi connectivity index (χ0) is 17.3. The summed E-state index contributed by atoms with van der Waals surface area (Å²) in [6.07, 6.45) is 4.16. The zero-order valence-electron chi connectivity index (χ0n) is 14.3. The van der Waals surface area contributed by atoms with Crippen LogP contribution in [0.25, 0.3) is 0 Å². The van der Waals surface area contributed by atoms with Gasteiger partial charge in [-0.25, -0.2) is 4.39 Å². The highest BCUT2D eigenvalue weighted by Gasteiger charge is 2.46. The summed E-state index contributed by atoms with van der Waals surface area (Å²) in [6.45, 7) is 2.71. The molecule has 0 unspecified atom stereocenters. The van der Waals surface area contributed by atoms with Crippen molar-refractivity contribution < 1.29 is 9.18 Å². The molecule has 1 amide bonds. The zero-order valence-corrected chi connectivity index (χ0v) is 15.1. The number of hydrogen-bond acceptors (Lipinski definition) is 3. The van der Waals surface area contributed by atoms with Gasteiger partial charge in [-0.2, -0.15) is 0 Å². The highest BCUT2D eigenvalue weighted by atomic mass is 32.1. The fraction of sp³-hybridized carbons (Fsp3) is 0.450. The van der Waals surface area contributed by atoms with Gasteiger partial charge in [0.05, 0.1) is 11.1 Å². The summed E-state index contributed by atoms with van der Waals surface area (Å²) < 4.78 is 14.0. The van der Waals surface area contributed by atoms with Crippen molar-refractivity contribution in [2.75, 3.05) is 31.1 Å². The molecule has 1 saturated heterocycles. The van der Waals surface area contributed by atoms with Crippen LogP contribution in [0.1, 0.15) is 30.6 Å². The minimum Gasteiger partial charge on any atom is -0.366 e. The Bertz CT molecular complexity index is 732. The fourth-order valence-corrected chi connectivity index (χ4v) is 5.23. The summed E-state index contributed by atoms with van der Waals surface area (Å²) in [5.74, 6) is 0.0914. The van der Waals surface area contributed by atoms with E-state index in [0.29, 0.717) is 31.9 Å². The first-order valence-corrected chi connectivity index (χ1v) is 9.91. The van der Waals surface area contributed by atoms with Crippen LogP contribution in [-0.4, -0.2) is 37.0 Å². The minimum atomic E-state index is -0.311. The van der Waals surface area contributed by atoms with Gasteiger partial charge >= 0.3 is 0 Å². The molecule has 5 heteroatoms. The van der Waals surface area contributed by atoms with Gasteiger partial charge in [-0.15, -0.1) is 11.3 Å². The summed E-state index contributed by atoms with van der Waals surface area (Å²) in [6, 6.07) is 11.0. The molecule has 0 radical (unpaired) electrons. The molecule has 2 aromatic rings. The van der Waals surface area contributed by atoms with Gasteiger partial charge in [0.15, 0.2) is 0 Å². The van der Waals surface area contributed by atoms with Gasteiger partial charge < -0.3 is 9.80 Å². The number of nitrogens with zero attached hydrogens (tertiary/aromatic N) is 2. The summed E-state index contributed by atoms with van der Waals surface area (Å²) in [5.41, 5.74) is 0.331. The number of thiophene rings is 1. The molecule has 2 heterocycles. The number of para-hydroxylation sites is 1. The number of amides is 1. The topological polar surface area (TPSA) is 23.6 Å². The third-order valence-electron chi connectivity index (χ3n) is 5.62. The average Bonchev–Trinajstić information content (AvgIpc) is 3.34. The van der Waals surface area contributed by atoms with E-state index >= 15 is 0 Å². The minimum absolute atomic E-state index is 0.187. The Morgan fingerprint density at radius 2 is 1.72 bits per heavy atom. The van der Waals surface area contributed by atoms with Crippen molar-refractivity contribution >= 4 is 22.9 Å². The van der Waals surface area contributed by atoms with Crippen LogP contribution in [0.3, 0.4) is 0 Å². The quantitative estimate of drug-likeness (QED) is 0.826. The molecular weight excluding hydrogens is 335 g/mol. The van der Waals surface area contributed by atoms with E-state index < -0.39 is 0 Å². The molecule has 0 spiro atoms. The summed E-state index contributed by atoms with van der Waals surface area (Å²) >= 11 is 1.70. The average molecular weight is 358 g/mol. The van der Waals surface area contributed by atoms with Gasteiger partial charge in [-0.1, -0.05) is 31.0 Å². The second-order valence-corrected chi connectivity index (χ2v) is 7.94. The largest absolute Gasteiger partial charge is 0.366 e. The van der Waals surface area contributed by atoms with Crippen molar-refractivity contribution in [3.63, 3.8) is 0 Å². The van der Waals surface area contributed by atoms with Gasteiger partial charge in [-0.3, -0.25) is 4.79 Å². The first kappa shape index (κ1) is 16.6. The van der Waals surface area contributed by atoms with Crippen LogP contribution >= 0.6 is 11.3 Å². The van der Waals surface area contributed by atoms with Gasteiger partial charge in [0.25, 0.3) is 0 Å². The number of carbonyl (C=O) groups is 1. The lowest BCUT2D eigenvalue weighted by molar-refractivity contribution is -0.137. The standard InChI is InChI=1S/C20H23FN2OS/c21-16-6-1-2-7-17(16)22-11-13-23(14-12-22)19(24)20(9-3-4-10-20)18-8-5-15-25-18/h1-2,5-8,15H,3-4,9-14H2. The van der Waals surface area contributed by atoms with Crippen molar-refractivity contribution in [2.45, 2.75) is 31.1 Å². The number of piperazine rings is 1. The lowest BCUT2D eigenvalue weighted by atomic mass is 9.82. The van der Waals surface area contributed by atoms with Gasteiger partial charge in [-0.05, 0) is 36.4 Å². The van der Waals surface area contributed by atoms with E-state index in [1.165, 1.54) is 10.9 Å². The molecule has 1 aromatic carbocycles. The molecule has 2 aliphatic rings. The Morgan fingerprint density at radius 3 is 2.36 bits per heavy atom. The third-order valence-corrected chi connectivity index (χ3v) is 6.69. The Labute approximate surface area is 152 Å². The van der Waals surface area contributed by atoms with E-state index in [-0.39, 0.29) is 17.1 Å². The predicted molar refractivity (Wildman–Crippen MR) is 99.7 cm³/mol. The Kier molecular flexibility index (Phi) is 4.50. The van der Waals surface area contributed by atoms with E-state index in [4.69, 9.17) is 0 Å². The fourth-order valence-electron chi connectivity index (χ4n) is 4.26. The van der Waals surface area contributed by atoms with Crippen LogP contribution in [0, 0.1) is 5.82 Å². The lowest BCUT2D eigenvalue weighted by Crippen LogP contribution is -2.54. The highest BCUT2D eigenvalue weighted by molar-refractivity contribution is 7.10. The predicted octanol–water partition coefficient (Wildman–Crippen LogP) is 4.05. The van der Waals surface area contributed by atoms with E-state index in [1.54, 1.807) is 17.4 Å². The molecule has 132 valence electrons. The Hall–Kier alpha value is -1.88. The molecule has 4 rings (SSSR count). The number of benzene rings is 1. The van der Waals surface area contributed by atoms with Crippen molar-refractivity contribution in [2.24, 2.45) is 0 Å². The maximum Gasteiger partial charge on any atom is 0.234 e. The van der Waals surface area contributed by atoms with E-state index in [2.05, 4.69) is 11.4 Å². The Morgan fingerprint density at radius 1 is 1.00 bits per heavy atom. The monoisotopic (exact) mass is 358 g/mol. The summed E-state index contributed by atoms with van der Waals surface area (Å²) in [4.78, 5) is 18.6. The van der Waals surface area contributed by atoms with Crippen LogP contribution in [0.15, 0.2) is 41.8 Å². The Balaban J connectivity index is 1.49. The van der Waals surface area contributed by atoms with Gasteiger partial charge in [0.1, 0.15) is 5.82 Å². The first-order valence-electron chi connectivity index (χ1n) is 9.03. The lowest BCUT2D eigenvalue weighted by Gasteiger charge is -2.40. The molecule has 3 nitrogen and oxygen atoms in total. The van der Waals surface area contributed by atoms with Crippen LogP contribution in [0.2, 0.25) is 0 Å². The molecule has 1 aromatic heterocycles. The first-order chi connectivity index (χ1) is 12.2. The van der Waals surface area contributed by atoms with Crippen LogP contribution in [0.5, 0.6) is 0 Å². The molecule has 0 N–H and O–H groups in total. The van der Waals surface area contributed by atoms with E-state index in [1.807, 2.05) is 28.0 Å². The molecule has 1 aliphatic carbocycles. The van der Waals surface area contributed by atoms with Crippen molar-refractivity contribution in [1.82, 2.24) is 4.90 Å². The molecule has 25 heavy (non-hydrogen) atoms. The molecule has 1 saturated carbocycles. The van der Waals surface area contributed by atoms with Crippen LogP contribution < -0.4 is 4.90 Å². The number of rotatable bonds is 3. The van der Waals surface area contributed by atoms with Crippen molar-refractivity contribution in [1.29, 1.82) is 0 Å². The summed E-state index contributed by atoms with van der Waals surface area (Å²) in [5, 5.41) is 2.07. The number of hydrogen-bond donors (Lipinski definition) is 0.